The molecule has 198 valence electrons. The third kappa shape index (κ3) is 6.01. The van der Waals surface area contributed by atoms with Crippen LogP contribution in [-0.2, 0) is 13.1 Å². The highest BCUT2D eigenvalue weighted by atomic mass is 19.2. The normalized spacial score (nSPS) is 11.1. The van der Waals surface area contributed by atoms with Crippen molar-refractivity contribution in [3.8, 4) is 16.9 Å². The summed E-state index contributed by atoms with van der Waals surface area (Å²) in [4.78, 5) is 28.9. The highest BCUT2D eigenvalue weighted by Crippen LogP contribution is 2.32. The smallest absolute Gasteiger partial charge is 0.255 e. The Labute approximate surface area is 223 Å². The van der Waals surface area contributed by atoms with E-state index >= 15 is 0 Å². The zero-order chi connectivity index (χ0) is 27.4. The first kappa shape index (κ1) is 25.8. The van der Waals surface area contributed by atoms with E-state index in [1.54, 1.807) is 24.5 Å². The molecule has 0 fully saturated rings. The summed E-state index contributed by atoms with van der Waals surface area (Å²) < 4.78 is 32.7. The predicted octanol–water partition coefficient (Wildman–Crippen LogP) is 5.63. The van der Waals surface area contributed by atoms with Gasteiger partial charge in [0, 0.05) is 42.6 Å². The first-order valence-corrected chi connectivity index (χ1v) is 12.4. The summed E-state index contributed by atoms with van der Waals surface area (Å²) in [7, 11) is 0. The second kappa shape index (κ2) is 11.3. The lowest BCUT2D eigenvalue weighted by molar-refractivity contribution is 0.0951. The van der Waals surface area contributed by atoms with E-state index in [9.17, 15) is 13.6 Å². The topological polar surface area (TPSA) is 105 Å². The number of nitrogens with one attached hydrogen (secondary N) is 3. The average Bonchev–Trinajstić information content (AvgIpc) is 3.36. The third-order valence-corrected chi connectivity index (χ3v) is 5.95. The number of aromatic amines is 1. The molecule has 3 N–H and O–H groups in total. The number of halogens is 2. The number of fused-ring (bicyclic) bond motifs is 1. The fourth-order valence-electron chi connectivity index (χ4n) is 4.20. The zero-order valence-corrected chi connectivity index (χ0v) is 21.3. The van der Waals surface area contributed by atoms with Crippen LogP contribution >= 0.6 is 0 Å². The number of H-pyrrole nitrogens is 1. The fraction of sp³-hybridized carbons (Fsp3) is 0.172. The largest absolute Gasteiger partial charge is 0.491 e. The quantitative estimate of drug-likeness (QED) is 0.229. The van der Waals surface area contributed by atoms with Crippen molar-refractivity contribution < 1.29 is 18.3 Å². The van der Waals surface area contributed by atoms with Gasteiger partial charge in [-0.3, -0.25) is 4.79 Å². The van der Waals surface area contributed by atoms with Gasteiger partial charge in [-0.1, -0.05) is 6.07 Å². The number of hydrogen-bond acceptors (Lipinski definition) is 6. The summed E-state index contributed by atoms with van der Waals surface area (Å²) in [6, 6.07) is 12.7. The molecule has 0 atom stereocenters. The van der Waals surface area contributed by atoms with Crippen molar-refractivity contribution in [3.05, 3.63) is 102 Å². The Morgan fingerprint density at radius 1 is 1.03 bits per heavy atom. The van der Waals surface area contributed by atoms with Crippen LogP contribution in [0.4, 0.5) is 14.6 Å². The van der Waals surface area contributed by atoms with Crippen LogP contribution in [0, 0.1) is 11.6 Å². The van der Waals surface area contributed by atoms with E-state index in [4.69, 9.17) is 4.74 Å². The van der Waals surface area contributed by atoms with E-state index in [0.717, 1.165) is 39.9 Å². The summed E-state index contributed by atoms with van der Waals surface area (Å²) in [5.41, 5.74) is 4.28. The van der Waals surface area contributed by atoms with Crippen LogP contribution in [0.25, 0.3) is 22.2 Å². The third-order valence-electron chi connectivity index (χ3n) is 5.95. The molecule has 0 aliphatic rings. The van der Waals surface area contributed by atoms with Gasteiger partial charge in [-0.05, 0) is 73.0 Å². The van der Waals surface area contributed by atoms with Crippen LogP contribution in [-0.4, -0.2) is 31.9 Å². The summed E-state index contributed by atoms with van der Waals surface area (Å²) >= 11 is 0. The van der Waals surface area contributed by atoms with E-state index in [2.05, 4.69) is 30.6 Å². The number of carbonyl (C=O) groups is 1. The number of rotatable bonds is 9. The van der Waals surface area contributed by atoms with Crippen molar-refractivity contribution in [1.82, 2.24) is 25.3 Å². The van der Waals surface area contributed by atoms with Crippen LogP contribution in [0.15, 0.2) is 73.4 Å². The number of nitrogens with zero attached hydrogens (tertiary/aromatic N) is 3. The molecule has 0 spiro atoms. The zero-order valence-electron chi connectivity index (χ0n) is 21.3. The molecule has 0 radical (unpaired) electrons. The van der Waals surface area contributed by atoms with Gasteiger partial charge in [0.1, 0.15) is 23.5 Å². The molecular formula is C29H26F2N6O2. The van der Waals surface area contributed by atoms with Gasteiger partial charge in [-0.15, -0.1) is 0 Å². The molecule has 3 aromatic heterocycles. The number of ether oxygens (including phenoxy) is 1. The number of anilines is 1. The SMILES string of the molecule is CC(C)Oc1cc(CNc2ncccc2C(=O)NCc2ccc(F)c(F)c2)cc(-c2c[nH]c3ncncc23)c1. The van der Waals surface area contributed by atoms with Crippen LogP contribution in [0.1, 0.15) is 35.3 Å². The van der Waals surface area contributed by atoms with Gasteiger partial charge in [0.25, 0.3) is 5.91 Å². The van der Waals surface area contributed by atoms with E-state index in [1.807, 2.05) is 38.2 Å². The molecule has 10 heteroatoms. The molecule has 0 bridgehead atoms. The van der Waals surface area contributed by atoms with E-state index < -0.39 is 17.5 Å². The Kier molecular flexibility index (Phi) is 7.44. The highest BCUT2D eigenvalue weighted by Gasteiger charge is 2.15. The lowest BCUT2D eigenvalue weighted by Crippen LogP contribution is -2.24. The molecule has 8 nitrogen and oxygen atoms in total. The maximum Gasteiger partial charge on any atom is 0.255 e. The van der Waals surface area contributed by atoms with Gasteiger partial charge in [0.15, 0.2) is 11.6 Å². The molecule has 1 amide bonds. The molecule has 5 rings (SSSR count). The number of benzene rings is 2. The molecule has 5 aromatic rings. The Hall–Kier alpha value is -4.86. The van der Waals surface area contributed by atoms with E-state index in [1.165, 1.54) is 12.4 Å². The maximum absolute atomic E-state index is 13.5. The van der Waals surface area contributed by atoms with Gasteiger partial charge in [-0.25, -0.2) is 23.7 Å². The molecular weight excluding hydrogens is 502 g/mol. The van der Waals surface area contributed by atoms with Crippen LogP contribution in [0.2, 0.25) is 0 Å². The monoisotopic (exact) mass is 528 g/mol. The van der Waals surface area contributed by atoms with E-state index in [0.29, 0.717) is 29.2 Å². The second-order valence-electron chi connectivity index (χ2n) is 9.20. The van der Waals surface area contributed by atoms with Crippen molar-refractivity contribution in [2.24, 2.45) is 0 Å². The lowest BCUT2D eigenvalue weighted by Gasteiger charge is -2.15. The summed E-state index contributed by atoms with van der Waals surface area (Å²) in [5, 5.41) is 6.87. The molecule has 39 heavy (non-hydrogen) atoms. The minimum atomic E-state index is -0.964. The maximum atomic E-state index is 13.5. The minimum Gasteiger partial charge on any atom is -0.491 e. The molecule has 0 saturated heterocycles. The molecule has 3 heterocycles. The van der Waals surface area contributed by atoms with Gasteiger partial charge < -0.3 is 20.4 Å². The predicted molar refractivity (Wildman–Crippen MR) is 144 cm³/mol. The first-order chi connectivity index (χ1) is 18.9. The van der Waals surface area contributed by atoms with Crippen molar-refractivity contribution >= 4 is 22.8 Å². The van der Waals surface area contributed by atoms with E-state index in [-0.39, 0.29) is 12.6 Å². The number of amides is 1. The van der Waals surface area contributed by atoms with Gasteiger partial charge in [0.2, 0.25) is 0 Å². The standard InChI is InChI=1S/C29H26F2N6O2/c1-17(2)39-21-9-19(8-20(11-21)23-15-35-28-24(23)14-32-16-37-28)13-34-27-22(4-3-7-33-27)29(38)36-12-18-5-6-25(30)26(31)10-18/h3-11,14-17H,12-13H2,1-2H3,(H,33,34)(H,36,38)(H,32,35,37). The van der Waals surface area contributed by atoms with Crippen LogP contribution in [0.3, 0.4) is 0 Å². The summed E-state index contributed by atoms with van der Waals surface area (Å²) in [5.74, 6) is -1.21. The second-order valence-corrected chi connectivity index (χ2v) is 9.20. The molecule has 2 aromatic carbocycles. The van der Waals surface area contributed by atoms with Crippen LogP contribution in [0.5, 0.6) is 5.75 Å². The van der Waals surface area contributed by atoms with Crippen molar-refractivity contribution in [2.45, 2.75) is 33.0 Å². The molecule has 0 saturated carbocycles. The van der Waals surface area contributed by atoms with Gasteiger partial charge >= 0.3 is 0 Å². The summed E-state index contributed by atoms with van der Waals surface area (Å²) in [6.07, 6.45) is 6.72. The molecule has 0 aliphatic carbocycles. The Balaban J connectivity index is 1.36. The highest BCUT2D eigenvalue weighted by molar-refractivity contribution is 5.98. The van der Waals surface area contributed by atoms with Gasteiger partial charge in [-0.2, -0.15) is 0 Å². The van der Waals surface area contributed by atoms with Gasteiger partial charge in [0.05, 0.1) is 11.7 Å². The lowest BCUT2D eigenvalue weighted by atomic mass is 10.0. The summed E-state index contributed by atoms with van der Waals surface area (Å²) in [6.45, 7) is 4.32. The Morgan fingerprint density at radius 2 is 1.90 bits per heavy atom. The number of aromatic nitrogens is 4. The Bertz CT molecular complexity index is 1640. The van der Waals surface area contributed by atoms with Crippen molar-refractivity contribution in [2.75, 3.05) is 5.32 Å². The average molecular weight is 529 g/mol. The molecule has 0 aliphatic heterocycles. The number of hydrogen-bond donors (Lipinski definition) is 3. The molecule has 0 unspecified atom stereocenters. The fourth-order valence-corrected chi connectivity index (χ4v) is 4.20. The number of carbonyl (C=O) groups excluding carboxylic acids is 1. The van der Waals surface area contributed by atoms with Crippen LogP contribution < -0.4 is 15.4 Å². The Morgan fingerprint density at radius 3 is 2.72 bits per heavy atom. The number of pyridine rings is 1. The van der Waals surface area contributed by atoms with Crippen molar-refractivity contribution in [3.63, 3.8) is 0 Å². The minimum absolute atomic E-state index is 0.0203. The van der Waals surface area contributed by atoms with Crippen molar-refractivity contribution in [1.29, 1.82) is 0 Å². The first-order valence-electron chi connectivity index (χ1n) is 12.4.